The Hall–Kier alpha value is -1.75. The van der Waals surface area contributed by atoms with E-state index in [9.17, 15) is 0 Å². The Bertz CT molecular complexity index is 524. The van der Waals surface area contributed by atoms with Gasteiger partial charge in [0.1, 0.15) is 11.9 Å². The van der Waals surface area contributed by atoms with E-state index in [0.717, 1.165) is 24.2 Å². The summed E-state index contributed by atoms with van der Waals surface area (Å²) in [5.74, 6) is 2.54. The normalized spacial score (nSPS) is 18.0. The van der Waals surface area contributed by atoms with E-state index >= 15 is 0 Å². The predicted octanol–water partition coefficient (Wildman–Crippen LogP) is 3.13. The minimum absolute atomic E-state index is 0.0424. The van der Waals surface area contributed by atoms with Crippen molar-refractivity contribution >= 4 is 5.96 Å². The summed E-state index contributed by atoms with van der Waals surface area (Å²) < 4.78 is 5.91. The van der Waals surface area contributed by atoms with Crippen LogP contribution >= 0.6 is 0 Å². The number of rotatable bonds is 8. The van der Waals surface area contributed by atoms with Gasteiger partial charge in [-0.05, 0) is 44.7 Å². The number of hydrogen-bond donors (Lipinski definition) is 2. The number of piperidine rings is 1. The SMILES string of the molecule is CCNC(=NCC(C)Oc1ccccc1)NC1CCN(CC(C)C)CC1. The fourth-order valence-corrected chi connectivity index (χ4v) is 3.28. The molecule has 1 aliphatic heterocycles. The number of para-hydroxylation sites is 1. The second kappa shape index (κ2) is 11.1. The van der Waals surface area contributed by atoms with E-state index in [0.29, 0.717) is 12.6 Å². The van der Waals surface area contributed by atoms with E-state index < -0.39 is 0 Å². The van der Waals surface area contributed by atoms with Crippen LogP contribution in [-0.4, -0.2) is 55.7 Å². The van der Waals surface area contributed by atoms with Crippen molar-refractivity contribution in [1.82, 2.24) is 15.5 Å². The molecule has 5 heteroatoms. The van der Waals surface area contributed by atoms with E-state index in [1.54, 1.807) is 0 Å². The number of nitrogens with zero attached hydrogens (tertiary/aromatic N) is 2. The van der Waals surface area contributed by atoms with Crippen LogP contribution in [0.15, 0.2) is 35.3 Å². The largest absolute Gasteiger partial charge is 0.489 e. The highest BCUT2D eigenvalue weighted by Crippen LogP contribution is 2.13. The van der Waals surface area contributed by atoms with Crippen molar-refractivity contribution in [3.8, 4) is 5.75 Å². The van der Waals surface area contributed by atoms with Gasteiger partial charge in [0.05, 0.1) is 6.54 Å². The fraction of sp³-hybridized carbons (Fsp3) is 0.667. The monoisotopic (exact) mass is 360 g/mol. The highest BCUT2D eigenvalue weighted by atomic mass is 16.5. The smallest absolute Gasteiger partial charge is 0.191 e. The first kappa shape index (κ1) is 20.6. The molecule has 0 bridgehead atoms. The molecule has 1 unspecified atom stereocenters. The number of aliphatic imine (C=N–C) groups is 1. The maximum absolute atomic E-state index is 5.91. The molecule has 0 radical (unpaired) electrons. The summed E-state index contributed by atoms with van der Waals surface area (Å²) in [6.45, 7) is 13.8. The maximum atomic E-state index is 5.91. The van der Waals surface area contributed by atoms with Crippen molar-refractivity contribution in [2.75, 3.05) is 32.7 Å². The molecule has 146 valence electrons. The number of benzene rings is 1. The summed E-state index contributed by atoms with van der Waals surface area (Å²) in [6.07, 6.45) is 2.39. The van der Waals surface area contributed by atoms with Gasteiger partial charge in [-0.2, -0.15) is 0 Å². The van der Waals surface area contributed by atoms with Gasteiger partial charge in [-0.3, -0.25) is 0 Å². The maximum Gasteiger partial charge on any atom is 0.191 e. The van der Waals surface area contributed by atoms with Gasteiger partial charge in [-0.1, -0.05) is 32.0 Å². The van der Waals surface area contributed by atoms with Gasteiger partial charge >= 0.3 is 0 Å². The number of nitrogens with one attached hydrogen (secondary N) is 2. The van der Waals surface area contributed by atoms with Crippen LogP contribution in [-0.2, 0) is 0 Å². The van der Waals surface area contributed by atoms with E-state index in [2.05, 4.69) is 43.2 Å². The number of hydrogen-bond acceptors (Lipinski definition) is 3. The van der Waals surface area contributed by atoms with Gasteiger partial charge < -0.3 is 20.3 Å². The van der Waals surface area contributed by atoms with Crippen LogP contribution in [0.3, 0.4) is 0 Å². The number of guanidine groups is 1. The molecular formula is C21H36N4O. The van der Waals surface area contributed by atoms with Gasteiger partial charge in [-0.15, -0.1) is 0 Å². The molecule has 1 fully saturated rings. The van der Waals surface area contributed by atoms with Crippen molar-refractivity contribution in [2.24, 2.45) is 10.9 Å². The molecule has 0 aliphatic carbocycles. The summed E-state index contributed by atoms with van der Waals surface area (Å²) in [5, 5.41) is 6.97. The minimum Gasteiger partial charge on any atom is -0.489 e. The van der Waals surface area contributed by atoms with Crippen LogP contribution in [0, 0.1) is 5.92 Å². The van der Waals surface area contributed by atoms with Crippen LogP contribution in [0.4, 0.5) is 0 Å². The van der Waals surface area contributed by atoms with E-state index in [1.807, 2.05) is 30.3 Å². The minimum atomic E-state index is 0.0424. The Morgan fingerprint density at radius 3 is 2.50 bits per heavy atom. The van der Waals surface area contributed by atoms with Gasteiger partial charge in [0.25, 0.3) is 0 Å². The zero-order valence-electron chi connectivity index (χ0n) is 16.9. The van der Waals surface area contributed by atoms with Gasteiger partial charge in [0.2, 0.25) is 0 Å². The molecule has 1 aliphatic rings. The molecule has 0 saturated carbocycles. The van der Waals surface area contributed by atoms with E-state index in [4.69, 9.17) is 9.73 Å². The molecule has 1 saturated heterocycles. The summed E-state index contributed by atoms with van der Waals surface area (Å²) in [5.41, 5.74) is 0. The molecule has 1 aromatic carbocycles. The lowest BCUT2D eigenvalue weighted by Crippen LogP contribution is -2.49. The van der Waals surface area contributed by atoms with Crippen molar-refractivity contribution in [2.45, 2.75) is 52.7 Å². The second-order valence-corrected chi connectivity index (χ2v) is 7.57. The standard InChI is InChI=1S/C21H36N4O/c1-5-22-21(23-15-18(4)26-20-9-7-6-8-10-20)24-19-11-13-25(14-12-19)16-17(2)3/h6-10,17-19H,5,11-16H2,1-4H3,(H2,22,23,24). The molecule has 26 heavy (non-hydrogen) atoms. The highest BCUT2D eigenvalue weighted by molar-refractivity contribution is 5.80. The van der Waals surface area contributed by atoms with Crippen LogP contribution in [0.25, 0.3) is 0 Å². The Morgan fingerprint density at radius 1 is 1.19 bits per heavy atom. The third-order valence-electron chi connectivity index (χ3n) is 4.48. The molecule has 1 aromatic rings. The zero-order valence-corrected chi connectivity index (χ0v) is 16.9. The highest BCUT2D eigenvalue weighted by Gasteiger charge is 2.20. The lowest BCUT2D eigenvalue weighted by Gasteiger charge is -2.34. The van der Waals surface area contributed by atoms with Crippen molar-refractivity contribution in [1.29, 1.82) is 0 Å². The second-order valence-electron chi connectivity index (χ2n) is 7.57. The molecule has 0 spiro atoms. The first-order valence-electron chi connectivity index (χ1n) is 10.1. The zero-order chi connectivity index (χ0) is 18.8. The lowest BCUT2D eigenvalue weighted by molar-refractivity contribution is 0.186. The van der Waals surface area contributed by atoms with Crippen molar-refractivity contribution < 1.29 is 4.74 Å². The average Bonchev–Trinajstić information content (AvgIpc) is 2.62. The van der Waals surface area contributed by atoms with Crippen LogP contribution < -0.4 is 15.4 Å². The van der Waals surface area contributed by atoms with E-state index in [1.165, 1.54) is 32.5 Å². The fourth-order valence-electron chi connectivity index (χ4n) is 3.28. The molecule has 1 atom stereocenters. The van der Waals surface area contributed by atoms with Crippen LogP contribution in [0.2, 0.25) is 0 Å². The summed E-state index contributed by atoms with van der Waals surface area (Å²) >= 11 is 0. The average molecular weight is 361 g/mol. The predicted molar refractivity (Wildman–Crippen MR) is 110 cm³/mol. The van der Waals surface area contributed by atoms with E-state index in [-0.39, 0.29) is 6.10 Å². The molecular weight excluding hydrogens is 324 g/mol. The quantitative estimate of drug-likeness (QED) is 0.552. The molecule has 5 nitrogen and oxygen atoms in total. The Morgan fingerprint density at radius 2 is 1.88 bits per heavy atom. The molecule has 1 heterocycles. The number of ether oxygens (including phenoxy) is 1. The summed E-state index contributed by atoms with van der Waals surface area (Å²) in [7, 11) is 0. The van der Waals surface area contributed by atoms with Crippen molar-refractivity contribution in [3.63, 3.8) is 0 Å². The van der Waals surface area contributed by atoms with Gasteiger partial charge in [0.15, 0.2) is 5.96 Å². The van der Waals surface area contributed by atoms with Crippen LogP contribution in [0.1, 0.15) is 40.5 Å². The molecule has 2 N–H and O–H groups in total. The lowest BCUT2D eigenvalue weighted by atomic mass is 10.0. The summed E-state index contributed by atoms with van der Waals surface area (Å²) in [4.78, 5) is 7.30. The Kier molecular flexibility index (Phi) is 8.75. The topological polar surface area (TPSA) is 48.9 Å². The van der Waals surface area contributed by atoms with Crippen molar-refractivity contribution in [3.05, 3.63) is 30.3 Å². The van der Waals surface area contributed by atoms with Crippen LogP contribution in [0.5, 0.6) is 5.75 Å². The Balaban J connectivity index is 1.79. The third-order valence-corrected chi connectivity index (χ3v) is 4.48. The third kappa shape index (κ3) is 7.65. The molecule has 0 aromatic heterocycles. The Labute approximate surface area is 159 Å². The first-order valence-corrected chi connectivity index (χ1v) is 10.1. The van der Waals surface area contributed by atoms with Gasteiger partial charge in [-0.25, -0.2) is 4.99 Å². The first-order chi connectivity index (χ1) is 12.6. The molecule has 0 amide bonds. The molecule has 2 rings (SSSR count). The number of likely N-dealkylation sites (tertiary alicyclic amines) is 1. The summed E-state index contributed by atoms with van der Waals surface area (Å²) in [6, 6.07) is 10.4. The van der Waals surface area contributed by atoms with Gasteiger partial charge in [0, 0.05) is 32.2 Å².